The molecule has 0 bridgehead atoms. The monoisotopic (exact) mass is 217 g/mol. The molecule has 0 atom stereocenters. The van der Waals surface area contributed by atoms with Gasteiger partial charge in [-0.15, -0.1) is 0 Å². The van der Waals surface area contributed by atoms with Crippen LogP contribution in [0.25, 0.3) is 0 Å². The number of hydrogen-bond donors (Lipinski definition) is 2. The first-order valence-corrected chi connectivity index (χ1v) is 6.11. The number of aliphatic carboxylic acids is 1. The predicted octanol–water partition coefficient (Wildman–Crippen LogP) is 1.71. The van der Waals surface area contributed by atoms with Crippen LogP contribution in [0.15, 0.2) is 0 Å². The summed E-state index contributed by atoms with van der Waals surface area (Å²) in [6.45, 7) is 3.90. The molecule has 0 aromatic carbocycles. The van der Waals surface area contributed by atoms with E-state index in [1.165, 1.54) is 0 Å². The Morgan fingerprint density at radius 1 is 1.50 bits per heavy atom. The standard InChI is InChI=1S/C10H19NO2S/c1-9(2,11)10(7-8(12)13)3-5-14-6-4-10/h3-7,11H2,1-2H3,(H,12,13). The van der Waals surface area contributed by atoms with Crippen molar-refractivity contribution in [3.05, 3.63) is 0 Å². The van der Waals surface area contributed by atoms with Gasteiger partial charge in [0.15, 0.2) is 0 Å². The average molecular weight is 217 g/mol. The predicted molar refractivity (Wildman–Crippen MR) is 59.5 cm³/mol. The van der Waals surface area contributed by atoms with E-state index >= 15 is 0 Å². The lowest BCUT2D eigenvalue weighted by Gasteiger charge is -2.46. The van der Waals surface area contributed by atoms with Crippen molar-refractivity contribution in [2.75, 3.05) is 11.5 Å². The number of carboxylic acid groups (broad SMARTS) is 1. The second kappa shape index (κ2) is 4.11. The summed E-state index contributed by atoms with van der Waals surface area (Å²) in [7, 11) is 0. The maximum Gasteiger partial charge on any atom is 0.303 e. The van der Waals surface area contributed by atoms with E-state index < -0.39 is 11.5 Å². The molecule has 3 nitrogen and oxygen atoms in total. The molecule has 0 aliphatic carbocycles. The number of nitrogens with two attached hydrogens (primary N) is 1. The van der Waals surface area contributed by atoms with E-state index in [9.17, 15) is 4.79 Å². The Hall–Kier alpha value is -0.220. The Morgan fingerprint density at radius 2 is 2.00 bits per heavy atom. The normalized spacial score (nSPS) is 21.9. The molecular formula is C10H19NO2S. The van der Waals surface area contributed by atoms with Crippen molar-refractivity contribution in [1.29, 1.82) is 0 Å². The van der Waals surface area contributed by atoms with Gasteiger partial charge in [-0.05, 0) is 43.6 Å². The number of rotatable bonds is 3. The van der Waals surface area contributed by atoms with Gasteiger partial charge in [0.1, 0.15) is 0 Å². The summed E-state index contributed by atoms with van der Waals surface area (Å²) < 4.78 is 0. The zero-order valence-corrected chi connectivity index (χ0v) is 9.69. The quantitative estimate of drug-likeness (QED) is 0.755. The molecule has 0 saturated carbocycles. The lowest BCUT2D eigenvalue weighted by molar-refractivity contribution is -0.141. The lowest BCUT2D eigenvalue weighted by Crippen LogP contribution is -2.53. The Bertz CT molecular complexity index is 217. The minimum atomic E-state index is -0.726. The summed E-state index contributed by atoms with van der Waals surface area (Å²) in [5.74, 6) is 1.34. The van der Waals surface area contributed by atoms with Gasteiger partial charge in [0.25, 0.3) is 0 Å². The van der Waals surface area contributed by atoms with Gasteiger partial charge >= 0.3 is 5.97 Å². The number of carbonyl (C=O) groups is 1. The Labute approximate surface area is 89.4 Å². The van der Waals surface area contributed by atoms with Gasteiger partial charge in [-0.25, -0.2) is 0 Å². The molecule has 0 spiro atoms. The van der Waals surface area contributed by atoms with Gasteiger partial charge in [-0.2, -0.15) is 11.8 Å². The van der Waals surface area contributed by atoms with Crippen molar-refractivity contribution in [3.63, 3.8) is 0 Å². The zero-order chi connectivity index (χ0) is 10.8. The highest BCUT2D eigenvalue weighted by molar-refractivity contribution is 7.99. The van der Waals surface area contributed by atoms with Crippen molar-refractivity contribution >= 4 is 17.7 Å². The van der Waals surface area contributed by atoms with Gasteiger partial charge in [-0.3, -0.25) is 4.79 Å². The maximum absolute atomic E-state index is 10.9. The minimum absolute atomic E-state index is 0.204. The third kappa shape index (κ3) is 2.42. The molecule has 0 aromatic rings. The Kier molecular flexibility index (Phi) is 3.48. The second-order valence-corrected chi connectivity index (χ2v) is 5.91. The molecule has 1 fully saturated rings. The molecule has 1 heterocycles. The number of carboxylic acids is 1. The van der Waals surface area contributed by atoms with E-state index in [2.05, 4.69) is 0 Å². The molecule has 14 heavy (non-hydrogen) atoms. The maximum atomic E-state index is 10.9. The van der Waals surface area contributed by atoms with Crippen molar-refractivity contribution in [3.8, 4) is 0 Å². The Morgan fingerprint density at radius 3 is 2.36 bits per heavy atom. The van der Waals surface area contributed by atoms with E-state index in [1.807, 2.05) is 25.6 Å². The fourth-order valence-corrected chi connectivity index (χ4v) is 3.37. The van der Waals surface area contributed by atoms with Crippen LogP contribution < -0.4 is 5.73 Å². The third-order valence-corrected chi connectivity index (χ3v) is 4.29. The fourth-order valence-electron chi connectivity index (χ4n) is 2.10. The fraction of sp³-hybridized carbons (Fsp3) is 0.900. The highest BCUT2D eigenvalue weighted by Gasteiger charge is 2.44. The van der Waals surface area contributed by atoms with Crippen molar-refractivity contribution < 1.29 is 9.90 Å². The van der Waals surface area contributed by atoms with E-state index in [4.69, 9.17) is 10.8 Å². The van der Waals surface area contributed by atoms with E-state index in [0.29, 0.717) is 0 Å². The van der Waals surface area contributed by atoms with Crippen molar-refractivity contribution in [1.82, 2.24) is 0 Å². The van der Waals surface area contributed by atoms with Gasteiger partial charge in [-0.1, -0.05) is 0 Å². The molecule has 0 unspecified atom stereocenters. The van der Waals surface area contributed by atoms with E-state index in [-0.39, 0.29) is 11.8 Å². The average Bonchev–Trinajstić information content (AvgIpc) is 2.02. The summed E-state index contributed by atoms with van der Waals surface area (Å²) in [6, 6.07) is 0. The van der Waals surface area contributed by atoms with Gasteiger partial charge in [0.05, 0.1) is 6.42 Å². The molecule has 3 N–H and O–H groups in total. The molecule has 0 radical (unpaired) electrons. The van der Waals surface area contributed by atoms with Crippen LogP contribution in [0.5, 0.6) is 0 Å². The molecular weight excluding hydrogens is 198 g/mol. The molecule has 0 aromatic heterocycles. The van der Waals surface area contributed by atoms with E-state index in [0.717, 1.165) is 24.3 Å². The first kappa shape index (κ1) is 11.9. The first-order valence-electron chi connectivity index (χ1n) is 4.96. The van der Waals surface area contributed by atoms with Gasteiger partial charge in [0.2, 0.25) is 0 Å². The van der Waals surface area contributed by atoms with E-state index in [1.54, 1.807) is 0 Å². The smallest absolute Gasteiger partial charge is 0.303 e. The summed E-state index contributed by atoms with van der Waals surface area (Å²) in [6.07, 6.45) is 2.05. The number of hydrogen-bond acceptors (Lipinski definition) is 3. The summed E-state index contributed by atoms with van der Waals surface area (Å²) in [4.78, 5) is 10.9. The molecule has 1 aliphatic rings. The zero-order valence-electron chi connectivity index (χ0n) is 8.88. The van der Waals surface area contributed by atoms with Gasteiger partial charge < -0.3 is 10.8 Å². The minimum Gasteiger partial charge on any atom is -0.481 e. The molecule has 1 rings (SSSR count). The highest BCUT2D eigenvalue weighted by atomic mass is 32.2. The first-order chi connectivity index (χ1) is 6.37. The number of thioether (sulfide) groups is 1. The molecule has 82 valence electrons. The van der Waals surface area contributed by atoms with Crippen LogP contribution in [-0.2, 0) is 4.79 Å². The Balaban J connectivity index is 2.83. The van der Waals surface area contributed by atoms with Crippen LogP contribution in [0, 0.1) is 5.41 Å². The van der Waals surface area contributed by atoms with Crippen LogP contribution in [0.4, 0.5) is 0 Å². The van der Waals surface area contributed by atoms with Crippen LogP contribution >= 0.6 is 11.8 Å². The van der Waals surface area contributed by atoms with Crippen LogP contribution in [-0.4, -0.2) is 28.1 Å². The molecule has 4 heteroatoms. The second-order valence-electron chi connectivity index (χ2n) is 4.68. The van der Waals surface area contributed by atoms with Crippen molar-refractivity contribution in [2.24, 2.45) is 11.1 Å². The largest absolute Gasteiger partial charge is 0.481 e. The highest BCUT2D eigenvalue weighted by Crippen LogP contribution is 2.45. The van der Waals surface area contributed by atoms with Crippen LogP contribution in [0.2, 0.25) is 0 Å². The van der Waals surface area contributed by atoms with Gasteiger partial charge in [0, 0.05) is 5.54 Å². The van der Waals surface area contributed by atoms with Crippen LogP contribution in [0.3, 0.4) is 0 Å². The summed E-state index contributed by atoms with van der Waals surface area (Å²) in [5, 5.41) is 8.93. The summed E-state index contributed by atoms with van der Waals surface area (Å²) in [5.41, 5.74) is 5.52. The topological polar surface area (TPSA) is 63.3 Å². The van der Waals surface area contributed by atoms with Crippen molar-refractivity contribution in [2.45, 2.75) is 38.6 Å². The molecule has 0 amide bonds. The third-order valence-electron chi connectivity index (χ3n) is 3.31. The molecule has 1 saturated heterocycles. The lowest BCUT2D eigenvalue weighted by atomic mass is 9.66. The van der Waals surface area contributed by atoms with Crippen LogP contribution in [0.1, 0.15) is 33.1 Å². The summed E-state index contributed by atoms with van der Waals surface area (Å²) >= 11 is 1.89. The SMILES string of the molecule is CC(C)(N)C1(CC(=O)O)CCSCC1. The molecule has 1 aliphatic heterocycles.